The van der Waals surface area contributed by atoms with Gasteiger partial charge < -0.3 is 14.6 Å². The number of benzene rings is 2. The molecule has 6 rings (SSSR count). The molecule has 1 amide bonds. The smallest absolute Gasteiger partial charge is 0.310 e. The third-order valence-electron chi connectivity index (χ3n) is 10.8. The molecular formula is C32H38NO4P. The molecule has 200 valence electrons. The number of hydrogen-bond acceptors (Lipinski definition) is 4. The molecular weight excluding hydrogens is 493 g/mol. The van der Waals surface area contributed by atoms with Crippen LogP contribution in [-0.2, 0) is 18.9 Å². The third-order valence-corrected chi connectivity index (χ3v) is 14.4. The first kappa shape index (κ1) is 25.6. The lowest BCUT2D eigenvalue weighted by molar-refractivity contribution is -0.152. The zero-order valence-electron chi connectivity index (χ0n) is 22.6. The van der Waals surface area contributed by atoms with E-state index in [1.54, 1.807) is 0 Å². The SMILES string of the molecule is COC(=O)[C@H]1[C@H](P(=O)(c2ccccc2)c2ccccc2)C[C@H]2[C@@H]3CC=C4NC(=O)CC[C@]4(C)[C@H]3CC[C@@]21C. The molecule has 5 nitrogen and oxygen atoms in total. The summed E-state index contributed by atoms with van der Waals surface area (Å²) in [5, 5.41) is 4.81. The van der Waals surface area contributed by atoms with E-state index in [4.69, 9.17) is 4.74 Å². The van der Waals surface area contributed by atoms with E-state index in [2.05, 4.69) is 25.2 Å². The van der Waals surface area contributed by atoms with Crippen LogP contribution in [0.5, 0.6) is 0 Å². The molecule has 0 aromatic heterocycles. The Hall–Kier alpha value is -2.65. The number of fused-ring (bicyclic) bond motifs is 5. The Morgan fingerprint density at radius 3 is 2.21 bits per heavy atom. The van der Waals surface area contributed by atoms with Crippen LogP contribution in [-0.4, -0.2) is 24.6 Å². The molecule has 1 N–H and O–H groups in total. The van der Waals surface area contributed by atoms with E-state index in [1.165, 1.54) is 7.11 Å². The van der Waals surface area contributed by atoms with Gasteiger partial charge in [-0.1, -0.05) is 80.6 Å². The van der Waals surface area contributed by atoms with Crippen molar-refractivity contribution in [1.29, 1.82) is 0 Å². The van der Waals surface area contributed by atoms with Crippen LogP contribution in [0, 0.1) is 34.5 Å². The van der Waals surface area contributed by atoms with Gasteiger partial charge in [-0.3, -0.25) is 9.59 Å². The third kappa shape index (κ3) is 3.61. The van der Waals surface area contributed by atoms with Gasteiger partial charge >= 0.3 is 5.97 Å². The Bertz CT molecular complexity index is 1280. The fraction of sp³-hybridized carbons (Fsp3) is 0.500. The first-order chi connectivity index (χ1) is 18.2. The van der Waals surface area contributed by atoms with Crippen molar-refractivity contribution in [3.05, 3.63) is 72.4 Å². The second-order valence-electron chi connectivity index (χ2n) is 12.4. The molecule has 2 saturated carbocycles. The number of methoxy groups -OCH3 is 1. The Morgan fingerprint density at radius 1 is 0.974 bits per heavy atom. The molecule has 3 aliphatic carbocycles. The van der Waals surface area contributed by atoms with E-state index < -0.39 is 13.1 Å². The molecule has 1 heterocycles. The van der Waals surface area contributed by atoms with Crippen molar-refractivity contribution in [3.63, 3.8) is 0 Å². The summed E-state index contributed by atoms with van der Waals surface area (Å²) in [7, 11) is -1.71. The maximum Gasteiger partial charge on any atom is 0.310 e. The van der Waals surface area contributed by atoms with Crippen molar-refractivity contribution in [3.8, 4) is 0 Å². The fourth-order valence-corrected chi connectivity index (χ4v) is 12.7. The van der Waals surface area contributed by atoms with Gasteiger partial charge in [0.25, 0.3) is 0 Å². The van der Waals surface area contributed by atoms with E-state index in [-0.39, 0.29) is 34.3 Å². The monoisotopic (exact) mass is 531 g/mol. The minimum atomic E-state index is -3.19. The van der Waals surface area contributed by atoms with Crippen LogP contribution in [0.2, 0.25) is 0 Å². The van der Waals surface area contributed by atoms with Crippen LogP contribution in [0.4, 0.5) is 0 Å². The molecule has 2 aromatic rings. The summed E-state index contributed by atoms with van der Waals surface area (Å²) in [6, 6.07) is 19.6. The van der Waals surface area contributed by atoms with E-state index in [0.717, 1.165) is 48.4 Å². The van der Waals surface area contributed by atoms with Gasteiger partial charge in [-0.15, -0.1) is 0 Å². The molecule has 7 atom stereocenters. The Morgan fingerprint density at radius 2 is 1.61 bits per heavy atom. The van der Waals surface area contributed by atoms with Gasteiger partial charge in [0.05, 0.1) is 13.0 Å². The van der Waals surface area contributed by atoms with Gasteiger partial charge in [-0.05, 0) is 55.3 Å². The molecule has 0 bridgehead atoms. The molecule has 2 aromatic carbocycles. The van der Waals surface area contributed by atoms with Crippen molar-refractivity contribution in [2.75, 3.05) is 7.11 Å². The number of carbonyl (C=O) groups excluding carboxylic acids is 2. The Balaban J connectivity index is 1.48. The van der Waals surface area contributed by atoms with Crippen LogP contribution in [0.15, 0.2) is 72.4 Å². The quantitative estimate of drug-likeness (QED) is 0.423. The summed E-state index contributed by atoms with van der Waals surface area (Å²) in [5.74, 6) is 0.526. The molecule has 4 aliphatic rings. The van der Waals surface area contributed by atoms with E-state index >= 15 is 4.57 Å². The van der Waals surface area contributed by atoms with E-state index in [0.29, 0.717) is 18.3 Å². The number of hydrogen-bond donors (Lipinski definition) is 1. The van der Waals surface area contributed by atoms with Crippen LogP contribution in [0.25, 0.3) is 0 Å². The van der Waals surface area contributed by atoms with E-state index in [9.17, 15) is 9.59 Å². The predicted molar refractivity (Wildman–Crippen MR) is 150 cm³/mol. The van der Waals surface area contributed by atoms with Crippen LogP contribution in [0.1, 0.15) is 52.4 Å². The maximum absolute atomic E-state index is 15.6. The lowest BCUT2D eigenvalue weighted by atomic mass is 9.49. The number of ether oxygens (including phenoxy) is 1. The van der Waals surface area contributed by atoms with Crippen molar-refractivity contribution >= 4 is 29.6 Å². The minimum Gasteiger partial charge on any atom is -0.469 e. The molecule has 0 spiro atoms. The number of allylic oxidation sites excluding steroid dienone is 2. The van der Waals surface area contributed by atoms with Crippen LogP contribution < -0.4 is 15.9 Å². The standard InChI is InChI=1S/C32H38NO4P/c1-31-19-17-28(34)33-27(31)15-14-23-24(31)16-18-32(2)25(23)20-26(29(32)30(35)37-3)38(36,21-10-6-4-7-11-21)22-12-8-5-9-13-22/h4-13,15,23-26,29H,14,16-20H2,1-3H3,(H,33,34)/t23-,24+,25+,26-,29-,31-,32+/m1/s1. The van der Waals surface area contributed by atoms with Crippen molar-refractivity contribution in [2.45, 2.75) is 58.0 Å². The average Bonchev–Trinajstić information content (AvgIpc) is 3.27. The van der Waals surface area contributed by atoms with Gasteiger partial charge in [-0.2, -0.15) is 0 Å². The molecule has 0 radical (unpaired) electrons. The summed E-state index contributed by atoms with van der Waals surface area (Å²) >= 11 is 0. The first-order valence-corrected chi connectivity index (χ1v) is 15.8. The lowest BCUT2D eigenvalue weighted by Gasteiger charge is -2.57. The van der Waals surface area contributed by atoms with Crippen LogP contribution in [0.3, 0.4) is 0 Å². The van der Waals surface area contributed by atoms with Gasteiger partial charge in [0.2, 0.25) is 5.91 Å². The molecule has 38 heavy (non-hydrogen) atoms. The first-order valence-electron chi connectivity index (χ1n) is 14.0. The molecule has 6 heteroatoms. The highest BCUT2D eigenvalue weighted by Crippen LogP contribution is 2.71. The fourth-order valence-electron chi connectivity index (χ4n) is 8.95. The zero-order valence-corrected chi connectivity index (χ0v) is 23.5. The molecule has 0 unspecified atom stereocenters. The highest BCUT2D eigenvalue weighted by atomic mass is 31.2. The highest BCUT2D eigenvalue weighted by molar-refractivity contribution is 7.79. The zero-order chi connectivity index (χ0) is 26.7. The predicted octanol–water partition coefficient (Wildman–Crippen LogP) is 5.41. The van der Waals surface area contributed by atoms with Crippen molar-refractivity contribution in [2.24, 2.45) is 34.5 Å². The van der Waals surface area contributed by atoms with Gasteiger partial charge in [-0.25, -0.2) is 0 Å². The summed E-state index contributed by atoms with van der Waals surface area (Å²) < 4.78 is 21.0. The van der Waals surface area contributed by atoms with Gasteiger partial charge in [0.1, 0.15) is 7.14 Å². The topological polar surface area (TPSA) is 72.5 Å². The largest absolute Gasteiger partial charge is 0.469 e. The van der Waals surface area contributed by atoms with Crippen molar-refractivity contribution < 1.29 is 18.9 Å². The summed E-state index contributed by atoms with van der Waals surface area (Å²) in [6.07, 6.45) is 7.20. The average molecular weight is 532 g/mol. The number of amides is 1. The maximum atomic E-state index is 15.6. The summed E-state index contributed by atoms with van der Waals surface area (Å²) in [5.41, 5.74) is 0.423. The number of esters is 1. The molecule has 1 saturated heterocycles. The number of nitrogens with one attached hydrogen (secondary N) is 1. The summed E-state index contributed by atoms with van der Waals surface area (Å²) in [6.45, 7) is 4.58. The second kappa shape index (κ2) is 9.23. The lowest BCUT2D eigenvalue weighted by Crippen LogP contribution is -2.53. The molecule has 3 fully saturated rings. The van der Waals surface area contributed by atoms with Crippen molar-refractivity contribution in [1.82, 2.24) is 5.32 Å². The summed E-state index contributed by atoms with van der Waals surface area (Å²) in [4.78, 5) is 25.9. The second-order valence-corrected chi connectivity index (χ2v) is 15.4. The number of carbonyl (C=O) groups is 2. The van der Waals surface area contributed by atoms with Gasteiger partial charge in [0, 0.05) is 33.8 Å². The highest BCUT2D eigenvalue weighted by Gasteiger charge is 2.66. The van der Waals surface area contributed by atoms with Crippen LogP contribution >= 0.6 is 7.14 Å². The Kier molecular flexibility index (Phi) is 6.22. The number of rotatable bonds is 4. The number of piperidine rings is 1. The Labute approximate surface area is 225 Å². The van der Waals surface area contributed by atoms with Gasteiger partial charge in [0.15, 0.2) is 0 Å². The normalized spacial score (nSPS) is 36.2. The molecule has 1 aliphatic heterocycles. The van der Waals surface area contributed by atoms with E-state index in [1.807, 2.05) is 60.7 Å². The minimum absolute atomic E-state index is 0.0560.